The van der Waals surface area contributed by atoms with E-state index in [9.17, 15) is 9.59 Å². The Balaban J connectivity index is 1.22. The first-order valence-corrected chi connectivity index (χ1v) is 11.8. The number of morpholine rings is 1. The van der Waals surface area contributed by atoms with Crippen LogP contribution in [0.1, 0.15) is 25.3 Å². The van der Waals surface area contributed by atoms with Gasteiger partial charge in [-0.3, -0.25) is 9.59 Å². The highest BCUT2D eigenvalue weighted by molar-refractivity contribution is 5.84. The molecule has 8 nitrogen and oxygen atoms in total. The molecule has 2 amide bonds. The average Bonchev–Trinajstić information content (AvgIpc) is 3.29. The Morgan fingerprint density at radius 1 is 1.09 bits per heavy atom. The molecule has 33 heavy (non-hydrogen) atoms. The highest BCUT2D eigenvalue weighted by Crippen LogP contribution is 2.36. The summed E-state index contributed by atoms with van der Waals surface area (Å²) in [6, 6.07) is 11.9. The van der Waals surface area contributed by atoms with Gasteiger partial charge in [-0.2, -0.15) is 0 Å². The van der Waals surface area contributed by atoms with E-state index < -0.39 is 5.41 Å². The number of hydrogen-bond donors (Lipinski definition) is 0. The minimum absolute atomic E-state index is 0.0175. The average molecular weight is 450 g/mol. The molecule has 3 aliphatic rings. The first-order valence-electron chi connectivity index (χ1n) is 11.8. The number of carbonyl (C=O) groups is 2. The predicted octanol–water partition coefficient (Wildman–Crippen LogP) is 1.76. The quantitative estimate of drug-likeness (QED) is 0.692. The number of amides is 2. The van der Waals surface area contributed by atoms with E-state index >= 15 is 0 Å². The number of carbonyl (C=O) groups excluding carboxylic acids is 2. The fourth-order valence-corrected chi connectivity index (χ4v) is 5.27. The van der Waals surface area contributed by atoms with Crippen LogP contribution in [0.5, 0.6) is 0 Å². The molecular weight excluding hydrogens is 418 g/mol. The molecule has 0 bridgehead atoms. The Bertz CT molecular complexity index is 978. The fourth-order valence-electron chi connectivity index (χ4n) is 5.27. The van der Waals surface area contributed by atoms with Crippen molar-refractivity contribution in [1.29, 1.82) is 0 Å². The largest absolute Gasteiger partial charge is 0.364 e. The molecule has 2 atom stereocenters. The van der Waals surface area contributed by atoms with Gasteiger partial charge in [0.25, 0.3) is 0 Å². The van der Waals surface area contributed by atoms with Gasteiger partial charge in [-0.05, 0) is 30.9 Å². The lowest BCUT2D eigenvalue weighted by atomic mass is 9.79. The van der Waals surface area contributed by atoms with E-state index in [0.29, 0.717) is 19.6 Å². The van der Waals surface area contributed by atoms with Gasteiger partial charge < -0.3 is 19.4 Å². The van der Waals surface area contributed by atoms with Gasteiger partial charge in [-0.25, -0.2) is 9.97 Å². The molecule has 3 fully saturated rings. The van der Waals surface area contributed by atoms with Crippen molar-refractivity contribution < 1.29 is 14.3 Å². The lowest BCUT2D eigenvalue weighted by Crippen LogP contribution is -2.54. The molecule has 4 heterocycles. The molecule has 0 aliphatic carbocycles. The molecule has 1 aromatic carbocycles. The van der Waals surface area contributed by atoms with Crippen LogP contribution in [0, 0.1) is 5.41 Å². The Kier molecular flexibility index (Phi) is 6.01. The zero-order valence-corrected chi connectivity index (χ0v) is 19.1. The molecule has 8 heteroatoms. The summed E-state index contributed by atoms with van der Waals surface area (Å²) in [5.41, 5.74) is 0.790. The van der Waals surface area contributed by atoms with Crippen molar-refractivity contribution in [3.8, 4) is 0 Å². The number of aromatic nitrogens is 2. The zero-order chi connectivity index (χ0) is 22.8. The van der Waals surface area contributed by atoms with Gasteiger partial charge in [-0.1, -0.05) is 37.3 Å². The number of benzene rings is 1. The van der Waals surface area contributed by atoms with E-state index in [-0.39, 0.29) is 30.6 Å². The topological polar surface area (TPSA) is 78.9 Å². The van der Waals surface area contributed by atoms with Crippen LogP contribution in [-0.2, 0) is 20.7 Å². The molecule has 0 saturated carbocycles. The van der Waals surface area contributed by atoms with E-state index in [4.69, 9.17) is 4.74 Å². The van der Waals surface area contributed by atoms with Gasteiger partial charge in [0.15, 0.2) is 0 Å². The molecule has 0 radical (unpaired) electrons. The second-order valence-corrected chi connectivity index (χ2v) is 9.55. The van der Waals surface area contributed by atoms with Gasteiger partial charge in [0.05, 0.1) is 12.1 Å². The second kappa shape index (κ2) is 9.09. The smallest absolute Gasteiger partial charge is 0.248 e. The molecule has 5 rings (SSSR count). The summed E-state index contributed by atoms with van der Waals surface area (Å²) in [6.07, 6.45) is 5.71. The van der Waals surface area contributed by atoms with Gasteiger partial charge in [0, 0.05) is 50.5 Å². The first kappa shape index (κ1) is 21.8. The summed E-state index contributed by atoms with van der Waals surface area (Å²) < 4.78 is 5.86. The van der Waals surface area contributed by atoms with Gasteiger partial charge in [0.2, 0.25) is 17.8 Å². The third kappa shape index (κ3) is 4.44. The monoisotopic (exact) mass is 449 g/mol. The highest BCUT2D eigenvalue weighted by atomic mass is 16.5. The van der Waals surface area contributed by atoms with Gasteiger partial charge in [-0.15, -0.1) is 0 Å². The molecule has 174 valence electrons. The van der Waals surface area contributed by atoms with Crippen LogP contribution in [0.15, 0.2) is 48.8 Å². The maximum atomic E-state index is 13.6. The zero-order valence-electron chi connectivity index (χ0n) is 19.1. The number of rotatable bonds is 5. The van der Waals surface area contributed by atoms with E-state index in [1.165, 1.54) is 5.56 Å². The van der Waals surface area contributed by atoms with Crippen molar-refractivity contribution in [1.82, 2.24) is 19.8 Å². The van der Waals surface area contributed by atoms with E-state index in [0.717, 1.165) is 38.3 Å². The van der Waals surface area contributed by atoms with E-state index in [1.54, 1.807) is 12.4 Å². The normalized spacial score (nSPS) is 24.6. The summed E-state index contributed by atoms with van der Waals surface area (Å²) in [5, 5.41) is 0. The molecule has 0 spiro atoms. The highest BCUT2D eigenvalue weighted by Gasteiger charge is 2.48. The van der Waals surface area contributed by atoms with Crippen LogP contribution in [0.2, 0.25) is 0 Å². The Labute approximate surface area is 194 Å². The molecule has 3 saturated heterocycles. The van der Waals surface area contributed by atoms with Crippen LogP contribution in [0.3, 0.4) is 0 Å². The lowest BCUT2D eigenvalue weighted by molar-refractivity contribution is -0.152. The molecule has 1 aromatic heterocycles. The first-order chi connectivity index (χ1) is 16.0. The minimum atomic E-state index is -0.419. The maximum Gasteiger partial charge on any atom is 0.248 e. The number of ether oxygens (including phenoxy) is 1. The number of likely N-dealkylation sites (tertiary alicyclic amines) is 1. The van der Waals surface area contributed by atoms with Crippen LogP contribution in [0.4, 0.5) is 5.95 Å². The van der Waals surface area contributed by atoms with Crippen molar-refractivity contribution in [3.63, 3.8) is 0 Å². The summed E-state index contributed by atoms with van der Waals surface area (Å²) in [6.45, 7) is 5.43. The number of anilines is 1. The maximum absolute atomic E-state index is 13.6. The summed E-state index contributed by atoms with van der Waals surface area (Å²) in [5.74, 6) is 0.911. The Hall–Kier alpha value is -3.00. The third-order valence-corrected chi connectivity index (χ3v) is 7.37. The van der Waals surface area contributed by atoms with Crippen molar-refractivity contribution in [2.24, 2.45) is 5.41 Å². The van der Waals surface area contributed by atoms with Crippen molar-refractivity contribution in [2.45, 2.75) is 38.3 Å². The summed E-state index contributed by atoms with van der Waals surface area (Å²) >= 11 is 0. The van der Waals surface area contributed by atoms with Crippen molar-refractivity contribution >= 4 is 17.8 Å². The number of nitrogens with zero attached hydrogens (tertiary/aromatic N) is 5. The fraction of sp³-hybridized carbons (Fsp3) is 0.520. The SMILES string of the molecule is CC1(C(=O)N2C[C@@H]3OCC(=O)N(CCc4ccccc4)[C@H]3C2)CCN(c2ncccn2)CC1. The minimum Gasteiger partial charge on any atom is -0.364 e. The summed E-state index contributed by atoms with van der Waals surface area (Å²) in [7, 11) is 0. The Morgan fingerprint density at radius 3 is 2.55 bits per heavy atom. The van der Waals surface area contributed by atoms with E-state index in [2.05, 4.69) is 33.9 Å². The van der Waals surface area contributed by atoms with E-state index in [1.807, 2.05) is 34.1 Å². The van der Waals surface area contributed by atoms with Crippen molar-refractivity contribution in [3.05, 3.63) is 54.4 Å². The van der Waals surface area contributed by atoms with Gasteiger partial charge >= 0.3 is 0 Å². The predicted molar refractivity (Wildman–Crippen MR) is 124 cm³/mol. The molecule has 2 aromatic rings. The third-order valence-electron chi connectivity index (χ3n) is 7.37. The lowest BCUT2D eigenvalue weighted by Gasteiger charge is -2.40. The van der Waals surface area contributed by atoms with Crippen LogP contribution in [0.25, 0.3) is 0 Å². The number of piperidine rings is 1. The molecule has 0 unspecified atom stereocenters. The molecule has 0 N–H and O–H groups in total. The summed E-state index contributed by atoms with van der Waals surface area (Å²) in [4.78, 5) is 40.9. The second-order valence-electron chi connectivity index (χ2n) is 9.55. The molecule has 3 aliphatic heterocycles. The van der Waals surface area contributed by atoms with Gasteiger partial charge in [0.1, 0.15) is 6.61 Å². The van der Waals surface area contributed by atoms with Crippen LogP contribution in [-0.4, -0.2) is 83.1 Å². The number of hydrogen-bond acceptors (Lipinski definition) is 6. The van der Waals surface area contributed by atoms with Crippen LogP contribution < -0.4 is 4.90 Å². The Morgan fingerprint density at radius 2 is 1.82 bits per heavy atom. The van der Waals surface area contributed by atoms with Crippen LogP contribution >= 0.6 is 0 Å². The molecular formula is C25H31N5O3. The number of fused-ring (bicyclic) bond motifs is 1. The standard InChI is InChI=1S/C25H31N5O3/c1-25(9-14-28(15-10-25)24-26-11-5-12-27-24)23(32)29-16-20-21(17-29)33-18-22(31)30(20)13-8-19-6-3-2-4-7-19/h2-7,11-12,20-21H,8-10,13-18H2,1H3/t20-,21-/m0/s1. The van der Waals surface area contributed by atoms with Crippen molar-refractivity contribution in [2.75, 3.05) is 44.2 Å².